The second-order valence-corrected chi connectivity index (χ2v) is 6.18. The average molecular weight is 378 g/mol. The van der Waals surface area contributed by atoms with Gasteiger partial charge in [-0.1, -0.05) is 29.8 Å². The first-order chi connectivity index (χ1) is 12.3. The molecule has 138 valence electrons. The Labute approximate surface area is 156 Å². The Bertz CT molecular complexity index is 826. The minimum Gasteiger partial charge on any atom is -0.490 e. The van der Waals surface area contributed by atoms with E-state index in [9.17, 15) is 14.9 Å². The maximum atomic E-state index is 12.2. The fourth-order valence-electron chi connectivity index (χ4n) is 2.49. The third-order valence-corrected chi connectivity index (χ3v) is 4.28. The minimum absolute atomic E-state index is 0.0606. The van der Waals surface area contributed by atoms with Crippen molar-refractivity contribution < 1.29 is 14.5 Å². The van der Waals surface area contributed by atoms with E-state index < -0.39 is 4.92 Å². The molecule has 0 saturated carbocycles. The quantitative estimate of drug-likeness (QED) is 0.564. The van der Waals surface area contributed by atoms with Crippen LogP contribution in [0.1, 0.15) is 24.1 Å². The van der Waals surface area contributed by atoms with E-state index in [4.69, 9.17) is 16.3 Å². The summed E-state index contributed by atoms with van der Waals surface area (Å²) < 4.78 is 5.03. The summed E-state index contributed by atoms with van der Waals surface area (Å²) in [6.07, 6.45) is 0. The lowest BCUT2D eigenvalue weighted by molar-refractivity contribution is -0.385. The topological polar surface area (TPSA) is 93.5 Å². The number of aryl methyl sites for hydroxylation is 1. The molecule has 0 unspecified atom stereocenters. The number of ether oxygens (including phenoxy) is 1. The van der Waals surface area contributed by atoms with Gasteiger partial charge in [-0.2, -0.15) is 0 Å². The number of benzene rings is 2. The molecule has 0 aliphatic rings. The van der Waals surface area contributed by atoms with Crippen LogP contribution in [0.2, 0.25) is 5.02 Å². The molecule has 0 radical (unpaired) electrons. The predicted molar refractivity (Wildman–Crippen MR) is 101 cm³/mol. The van der Waals surface area contributed by atoms with Crippen molar-refractivity contribution in [3.63, 3.8) is 0 Å². The lowest BCUT2D eigenvalue weighted by Crippen LogP contribution is -2.30. The van der Waals surface area contributed by atoms with Crippen LogP contribution in [0.5, 0.6) is 5.75 Å². The zero-order valence-electron chi connectivity index (χ0n) is 14.7. The standard InChI is InChI=1S/C18H20ClN3O4/c1-11-8-16(22(24)25)17(26-3)9-15(11)21-18(23)10-20-12(2)13-6-4-5-7-14(13)19/h4-9,12,20H,10H2,1-3H3,(H,21,23)/t12-/m1/s1. The molecule has 0 bridgehead atoms. The van der Waals surface area contributed by atoms with Gasteiger partial charge in [0.05, 0.1) is 18.6 Å². The molecule has 7 nitrogen and oxygen atoms in total. The number of anilines is 1. The summed E-state index contributed by atoms with van der Waals surface area (Å²) >= 11 is 6.15. The van der Waals surface area contributed by atoms with E-state index in [0.29, 0.717) is 16.3 Å². The van der Waals surface area contributed by atoms with Crippen LogP contribution < -0.4 is 15.4 Å². The van der Waals surface area contributed by atoms with Gasteiger partial charge in [-0.25, -0.2) is 0 Å². The second-order valence-electron chi connectivity index (χ2n) is 5.77. The number of rotatable bonds is 7. The van der Waals surface area contributed by atoms with Crippen LogP contribution in [-0.4, -0.2) is 24.5 Å². The molecular formula is C18H20ClN3O4. The van der Waals surface area contributed by atoms with Crippen LogP contribution in [0, 0.1) is 17.0 Å². The highest BCUT2D eigenvalue weighted by Gasteiger charge is 2.18. The molecule has 2 aromatic carbocycles. The van der Waals surface area contributed by atoms with Crippen LogP contribution in [0.25, 0.3) is 0 Å². The number of nitro benzene ring substituents is 1. The number of methoxy groups -OCH3 is 1. The third kappa shape index (κ3) is 4.71. The monoisotopic (exact) mass is 377 g/mol. The first kappa shape index (κ1) is 19.7. The molecule has 2 rings (SSSR count). The van der Waals surface area contributed by atoms with Gasteiger partial charge in [-0.15, -0.1) is 0 Å². The highest BCUT2D eigenvalue weighted by atomic mass is 35.5. The molecule has 0 aliphatic heterocycles. The summed E-state index contributed by atoms with van der Waals surface area (Å²) in [4.78, 5) is 22.7. The van der Waals surface area contributed by atoms with Crippen LogP contribution in [0.15, 0.2) is 36.4 Å². The van der Waals surface area contributed by atoms with E-state index in [2.05, 4.69) is 10.6 Å². The van der Waals surface area contributed by atoms with Crippen molar-refractivity contribution in [3.8, 4) is 5.75 Å². The molecule has 1 amide bonds. The van der Waals surface area contributed by atoms with E-state index in [-0.39, 0.29) is 29.9 Å². The smallest absolute Gasteiger partial charge is 0.311 e. The SMILES string of the molecule is COc1cc(NC(=O)CN[C@H](C)c2ccccc2Cl)c(C)cc1[N+](=O)[O-]. The molecule has 0 saturated heterocycles. The van der Waals surface area contributed by atoms with Crippen molar-refractivity contribution in [3.05, 3.63) is 62.7 Å². The lowest BCUT2D eigenvalue weighted by atomic mass is 10.1. The van der Waals surface area contributed by atoms with Crippen molar-refractivity contribution in [2.75, 3.05) is 19.0 Å². The van der Waals surface area contributed by atoms with Gasteiger partial charge in [-0.3, -0.25) is 14.9 Å². The van der Waals surface area contributed by atoms with Crippen molar-refractivity contribution in [1.82, 2.24) is 5.32 Å². The highest BCUT2D eigenvalue weighted by Crippen LogP contribution is 2.32. The van der Waals surface area contributed by atoms with Crippen LogP contribution in [-0.2, 0) is 4.79 Å². The van der Waals surface area contributed by atoms with Crippen LogP contribution in [0.3, 0.4) is 0 Å². The summed E-state index contributed by atoms with van der Waals surface area (Å²) in [7, 11) is 1.34. The van der Waals surface area contributed by atoms with E-state index in [1.54, 1.807) is 13.0 Å². The van der Waals surface area contributed by atoms with Crippen LogP contribution >= 0.6 is 11.6 Å². The Morgan fingerprint density at radius 3 is 2.65 bits per heavy atom. The Hall–Kier alpha value is -2.64. The number of carbonyl (C=O) groups is 1. The Morgan fingerprint density at radius 1 is 1.35 bits per heavy atom. The molecule has 26 heavy (non-hydrogen) atoms. The Kier molecular flexibility index (Phi) is 6.54. The van der Waals surface area contributed by atoms with E-state index in [1.807, 2.05) is 25.1 Å². The third-order valence-electron chi connectivity index (χ3n) is 3.94. The molecular weight excluding hydrogens is 358 g/mol. The first-order valence-corrected chi connectivity index (χ1v) is 8.32. The number of carbonyl (C=O) groups excluding carboxylic acids is 1. The summed E-state index contributed by atoms with van der Waals surface area (Å²) in [5, 5.41) is 17.5. The maximum Gasteiger partial charge on any atom is 0.311 e. The van der Waals surface area contributed by atoms with Gasteiger partial charge in [0, 0.05) is 28.9 Å². The zero-order chi connectivity index (χ0) is 19.3. The molecule has 0 heterocycles. The summed E-state index contributed by atoms with van der Waals surface area (Å²) in [6, 6.07) is 10.1. The van der Waals surface area contributed by atoms with Crippen molar-refractivity contribution in [2.45, 2.75) is 19.9 Å². The van der Waals surface area contributed by atoms with E-state index in [0.717, 1.165) is 5.56 Å². The largest absolute Gasteiger partial charge is 0.490 e. The molecule has 2 aromatic rings. The number of hydrogen-bond donors (Lipinski definition) is 2. The normalized spacial score (nSPS) is 11.7. The van der Waals surface area contributed by atoms with Gasteiger partial charge in [-0.05, 0) is 31.0 Å². The lowest BCUT2D eigenvalue weighted by Gasteiger charge is -2.16. The van der Waals surface area contributed by atoms with Gasteiger partial charge in [0.1, 0.15) is 0 Å². The van der Waals surface area contributed by atoms with E-state index in [1.165, 1.54) is 19.2 Å². The van der Waals surface area contributed by atoms with Gasteiger partial charge >= 0.3 is 5.69 Å². The average Bonchev–Trinajstić information content (AvgIpc) is 2.61. The predicted octanol–water partition coefficient (Wildman–Crippen LogP) is 3.85. The van der Waals surface area contributed by atoms with Gasteiger partial charge in [0.25, 0.3) is 0 Å². The molecule has 1 atom stereocenters. The Balaban J connectivity index is 2.04. The summed E-state index contributed by atoms with van der Waals surface area (Å²) in [6.45, 7) is 3.65. The fraction of sp³-hybridized carbons (Fsp3) is 0.278. The second kappa shape index (κ2) is 8.64. The zero-order valence-corrected chi connectivity index (χ0v) is 15.5. The van der Waals surface area contributed by atoms with Crippen molar-refractivity contribution >= 4 is 28.9 Å². The molecule has 2 N–H and O–H groups in total. The van der Waals surface area contributed by atoms with E-state index >= 15 is 0 Å². The first-order valence-electron chi connectivity index (χ1n) is 7.94. The summed E-state index contributed by atoms with van der Waals surface area (Å²) in [5.74, 6) is -0.184. The van der Waals surface area contributed by atoms with Crippen molar-refractivity contribution in [2.24, 2.45) is 0 Å². The highest BCUT2D eigenvalue weighted by molar-refractivity contribution is 6.31. The summed E-state index contributed by atoms with van der Waals surface area (Å²) in [5.41, 5.74) is 1.79. The number of amides is 1. The fourth-order valence-corrected chi connectivity index (χ4v) is 2.79. The van der Waals surface area contributed by atoms with Crippen molar-refractivity contribution in [1.29, 1.82) is 0 Å². The van der Waals surface area contributed by atoms with Gasteiger partial charge < -0.3 is 15.4 Å². The number of nitro groups is 1. The minimum atomic E-state index is -0.524. The van der Waals surface area contributed by atoms with Crippen LogP contribution in [0.4, 0.5) is 11.4 Å². The van der Waals surface area contributed by atoms with Gasteiger partial charge in [0.15, 0.2) is 5.75 Å². The molecule has 0 fully saturated rings. The maximum absolute atomic E-state index is 12.2. The molecule has 0 spiro atoms. The molecule has 8 heteroatoms. The number of nitrogens with zero attached hydrogens (tertiary/aromatic N) is 1. The molecule has 0 aromatic heterocycles. The van der Waals surface area contributed by atoms with Gasteiger partial charge in [0.2, 0.25) is 5.91 Å². The number of halogens is 1. The Morgan fingerprint density at radius 2 is 2.04 bits per heavy atom. The number of nitrogens with one attached hydrogen (secondary N) is 2. The number of hydrogen-bond acceptors (Lipinski definition) is 5. The molecule has 0 aliphatic carbocycles.